The van der Waals surface area contributed by atoms with Crippen molar-refractivity contribution in [3.8, 4) is 0 Å². The van der Waals surface area contributed by atoms with Crippen LogP contribution in [-0.4, -0.2) is 49.7 Å². The van der Waals surface area contributed by atoms with E-state index < -0.39 is 10.0 Å². The molecule has 0 radical (unpaired) electrons. The van der Waals surface area contributed by atoms with Gasteiger partial charge in [-0.05, 0) is 55.7 Å². The number of nitrogens with zero attached hydrogens (tertiary/aromatic N) is 2. The van der Waals surface area contributed by atoms with E-state index in [9.17, 15) is 17.6 Å². The molecule has 0 atom stereocenters. The molecule has 5 nitrogen and oxygen atoms in total. The van der Waals surface area contributed by atoms with Crippen LogP contribution in [0.2, 0.25) is 0 Å². The smallest absolute Gasteiger partial charge is 0.246 e. The van der Waals surface area contributed by atoms with Gasteiger partial charge in [0.1, 0.15) is 5.82 Å². The fourth-order valence-electron chi connectivity index (χ4n) is 3.31. The molecule has 3 rings (SSSR count). The Morgan fingerprint density at radius 2 is 1.66 bits per heavy atom. The van der Waals surface area contributed by atoms with Gasteiger partial charge in [-0.3, -0.25) is 4.79 Å². The highest BCUT2D eigenvalue weighted by molar-refractivity contribution is 7.89. The topological polar surface area (TPSA) is 57.7 Å². The zero-order valence-electron chi connectivity index (χ0n) is 16.9. The number of piperazine rings is 1. The largest absolute Gasteiger partial charge is 0.337 e. The van der Waals surface area contributed by atoms with Crippen LogP contribution in [-0.2, 0) is 14.8 Å². The summed E-state index contributed by atoms with van der Waals surface area (Å²) in [7, 11) is -3.59. The van der Waals surface area contributed by atoms with E-state index in [1.807, 2.05) is 13.8 Å². The van der Waals surface area contributed by atoms with Gasteiger partial charge in [0.15, 0.2) is 0 Å². The molecular formula is C22H25FN2O3S. The molecule has 0 aromatic heterocycles. The number of aryl methyl sites for hydroxylation is 2. The zero-order chi connectivity index (χ0) is 21.2. The summed E-state index contributed by atoms with van der Waals surface area (Å²) in [6, 6.07) is 11.4. The molecule has 0 N–H and O–H groups in total. The molecule has 154 valence electrons. The molecule has 0 aliphatic carbocycles. The second-order valence-corrected chi connectivity index (χ2v) is 9.22. The highest BCUT2D eigenvalue weighted by Crippen LogP contribution is 2.21. The van der Waals surface area contributed by atoms with Crippen LogP contribution in [0.5, 0.6) is 0 Å². The number of carbonyl (C=O) groups is 1. The predicted octanol–water partition coefficient (Wildman–Crippen LogP) is 3.38. The maximum Gasteiger partial charge on any atom is 0.246 e. The first-order chi connectivity index (χ1) is 13.7. The molecule has 7 heteroatoms. The van der Waals surface area contributed by atoms with Crippen LogP contribution in [0, 0.1) is 19.7 Å². The van der Waals surface area contributed by atoms with E-state index >= 15 is 0 Å². The lowest BCUT2D eigenvalue weighted by Crippen LogP contribution is -2.50. The van der Waals surface area contributed by atoms with Gasteiger partial charge in [-0.25, -0.2) is 12.8 Å². The molecule has 1 fully saturated rings. The Balaban J connectivity index is 1.68. The van der Waals surface area contributed by atoms with Crippen molar-refractivity contribution >= 4 is 21.5 Å². The first kappa shape index (κ1) is 21.2. The fraction of sp³-hybridized carbons (Fsp3) is 0.318. The summed E-state index contributed by atoms with van der Waals surface area (Å²) in [5.41, 5.74) is 2.89. The molecule has 0 bridgehead atoms. The van der Waals surface area contributed by atoms with Crippen LogP contribution in [0.3, 0.4) is 0 Å². The minimum absolute atomic E-state index is 0.230. The summed E-state index contributed by atoms with van der Waals surface area (Å²) in [6.07, 6.45) is 1.41. The second kappa shape index (κ2) is 8.47. The molecule has 0 saturated carbocycles. The first-order valence-corrected chi connectivity index (χ1v) is 10.9. The molecule has 2 aromatic rings. The van der Waals surface area contributed by atoms with Crippen LogP contribution in [0.4, 0.5) is 4.39 Å². The number of allylic oxidation sites excluding steroid dienone is 1. The van der Waals surface area contributed by atoms with Crippen LogP contribution >= 0.6 is 0 Å². The number of benzene rings is 2. The monoisotopic (exact) mass is 416 g/mol. The van der Waals surface area contributed by atoms with E-state index in [4.69, 9.17) is 0 Å². The number of hydrogen-bond donors (Lipinski definition) is 0. The average molecular weight is 417 g/mol. The third-order valence-electron chi connectivity index (χ3n) is 5.31. The summed E-state index contributed by atoms with van der Waals surface area (Å²) >= 11 is 0. The second-order valence-electron chi connectivity index (χ2n) is 7.28. The number of carbonyl (C=O) groups excluding carboxylic acids is 1. The summed E-state index contributed by atoms with van der Waals surface area (Å²) < 4.78 is 41.1. The van der Waals surface area contributed by atoms with Gasteiger partial charge in [-0.1, -0.05) is 24.3 Å². The number of hydrogen-bond acceptors (Lipinski definition) is 3. The molecule has 1 amide bonds. The van der Waals surface area contributed by atoms with Gasteiger partial charge in [0.25, 0.3) is 0 Å². The number of sulfonamides is 1. The van der Waals surface area contributed by atoms with Gasteiger partial charge in [0.05, 0.1) is 4.90 Å². The average Bonchev–Trinajstić information content (AvgIpc) is 2.70. The lowest BCUT2D eigenvalue weighted by atomic mass is 10.1. The van der Waals surface area contributed by atoms with Crippen molar-refractivity contribution in [3.63, 3.8) is 0 Å². The molecule has 1 aliphatic heterocycles. The fourth-order valence-corrected chi connectivity index (χ4v) is 4.82. The minimum atomic E-state index is -3.59. The van der Waals surface area contributed by atoms with E-state index in [-0.39, 0.29) is 29.7 Å². The molecule has 1 heterocycles. The predicted molar refractivity (Wildman–Crippen MR) is 111 cm³/mol. The lowest BCUT2D eigenvalue weighted by molar-refractivity contribution is -0.127. The van der Waals surface area contributed by atoms with Gasteiger partial charge in [0, 0.05) is 37.8 Å². The van der Waals surface area contributed by atoms with Crippen molar-refractivity contribution in [3.05, 3.63) is 71.0 Å². The van der Waals surface area contributed by atoms with Crippen LogP contribution in [0.15, 0.2) is 53.4 Å². The van der Waals surface area contributed by atoms with E-state index in [1.165, 1.54) is 16.4 Å². The molecular weight excluding hydrogens is 391 g/mol. The molecule has 1 saturated heterocycles. The van der Waals surface area contributed by atoms with Gasteiger partial charge < -0.3 is 4.90 Å². The third kappa shape index (κ3) is 4.57. The molecule has 29 heavy (non-hydrogen) atoms. The van der Waals surface area contributed by atoms with Crippen molar-refractivity contribution < 1.29 is 17.6 Å². The normalized spacial score (nSPS) is 16.1. The lowest BCUT2D eigenvalue weighted by Gasteiger charge is -2.33. The van der Waals surface area contributed by atoms with Crippen molar-refractivity contribution in [2.45, 2.75) is 25.7 Å². The summed E-state index contributed by atoms with van der Waals surface area (Å²) in [5, 5.41) is 0. The van der Waals surface area contributed by atoms with E-state index in [2.05, 4.69) is 0 Å². The highest BCUT2D eigenvalue weighted by Gasteiger charge is 2.30. The minimum Gasteiger partial charge on any atom is -0.337 e. The van der Waals surface area contributed by atoms with Crippen molar-refractivity contribution in [2.24, 2.45) is 0 Å². The highest BCUT2D eigenvalue weighted by atomic mass is 32.2. The van der Waals surface area contributed by atoms with E-state index in [0.717, 1.165) is 11.1 Å². The zero-order valence-corrected chi connectivity index (χ0v) is 17.7. The Morgan fingerprint density at radius 3 is 2.28 bits per heavy atom. The number of halogens is 1. The Hall–Kier alpha value is -2.51. The van der Waals surface area contributed by atoms with Crippen molar-refractivity contribution in [2.75, 3.05) is 26.2 Å². The molecule has 0 spiro atoms. The Morgan fingerprint density at radius 1 is 1.00 bits per heavy atom. The summed E-state index contributed by atoms with van der Waals surface area (Å²) in [6.45, 7) is 6.56. The molecule has 1 aliphatic rings. The number of amides is 1. The standard InChI is InChI=1S/C22H25FN2O3S/c1-16-8-9-19(14-17(16)2)29(27,28)25-12-10-24(11-13-25)22(26)15-18(3)20-6-4-5-7-21(20)23/h4-9,14-15H,10-13H2,1-3H3/b18-15-. The Labute approximate surface area is 171 Å². The summed E-state index contributed by atoms with van der Waals surface area (Å²) in [4.78, 5) is 14.4. The van der Waals surface area contributed by atoms with Crippen molar-refractivity contribution in [1.82, 2.24) is 9.21 Å². The first-order valence-electron chi connectivity index (χ1n) is 9.49. The molecule has 2 aromatic carbocycles. The van der Waals surface area contributed by atoms with Gasteiger partial charge in [-0.15, -0.1) is 0 Å². The maximum absolute atomic E-state index is 13.9. The van der Waals surface area contributed by atoms with Crippen LogP contribution in [0.1, 0.15) is 23.6 Å². The Kier molecular flexibility index (Phi) is 6.19. The van der Waals surface area contributed by atoms with Gasteiger partial charge in [0.2, 0.25) is 15.9 Å². The van der Waals surface area contributed by atoms with Gasteiger partial charge in [-0.2, -0.15) is 4.31 Å². The van der Waals surface area contributed by atoms with E-state index in [1.54, 1.807) is 48.2 Å². The third-order valence-corrected chi connectivity index (χ3v) is 7.20. The summed E-state index contributed by atoms with van der Waals surface area (Å²) in [5.74, 6) is -0.618. The maximum atomic E-state index is 13.9. The number of rotatable bonds is 4. The van der Waals surface area contributed by atoms with Gasteiger partial charge >= 0.3 is 0 Å². The van der Waals surface area contributed by atoms with E-state index in [0.29, 0.717) is 24.2 Å². The molecule has 0 unspecified atom stereocenters. The van der Waals surface area contributed by atoms with Crippen molar-refractivity contribution in [1.29, 1.82) is 0 Å². The van der Waals surface area contributed by atoms with Crippen LogP contribution < -0.4 is 0 Å². The Bertz CT molecular complexity index is 1060. The quantitative estimate of drug-likeness (QED) is 0.718. The van der Waals surface area contributed by atoms with Crippen LogP contribution in [0.25, 0.3) is 5.57 Å². The SMILES string of the molecule is C/C(=C/C(=O)N1CCN(S(=O)(=O)c2ccc(C)c(C)c2)CC1)c1ccccc1F.